The van der Waals surface area contributed by atoms with E-state index in [2.05, 4.69) is 15.9 Å². The molecule has 0 saturated heterocycles. The summed E-state index contributed by atoms with van der Waals surface area (Å²) in [5.74, 6) is -0.350. The van der Waals surface area contributed by atoms with Gasteiger partial charge in [-0.05, 0) is 24.1 Å². The number of ether oxygens (including phenoxy) is 1. The number of hydrogen-bond acceptors (Lipinski definition) is 3. The number of halogens is 1. The van der Waals surface area contributed by atoms with Crippen molar-refractivity contribution < 1.29 is 9.53 Å². The van der Waals surface area contributed by atoms with E-state index in [1.165, 1.54) is 0 Å². The zero-order valence-electron chi connectivity index (χ0n) is 8.57. The van der Waals surface area contributed by atoms with E-state index in [1.807, 2.05) is 31.2 Å². The van der Waals surface area contributed by atoms with E-state index in [9.17, 15) is 4.79 Å². The molecule has 2 N–H and O–H groups in total. The predicted molar refractivity (Wildman–Crippen MR) is 62.2 cm³/mol. The second-order valence-electron chi connectivity index (χ2n) is 3.25. The molecular weight excluding hydrogens is 258 g/mol. The molecule has 0 aromatic heterocycles. The summed E-state index contributed by atoms with van der Waals surface area (Å²) in [6.45, 7) is 2.12. The molecule has 0 bridgehead atoms. The quantitative estimate of drug-likeness (QED) is 0.855. The number of benzene rings is 1. The number of rotatable bonds is 4. The summed E-state index contributed by atoms with van der Waals surface area (Å²) >= 11 is 3.35. The van der Waals surface area contributed by atoms with Gasteiger partial charge in [-0.2, -0.15) is 0 Å². The Morgan fingerprint density at radius 1 is 1.60 bits per heavy atom. The summed E-state index contributed by atoms with van der Waals surface area (Å²) in [5.41, 5.74) is 6.47. The molecule has 0 heterocycles. The predicted octanol–water partition coefficient (Wildman–Crippen LogP) is 2.23. The second kappa shape index (κ2) is 5.88. The van der Waals surface area contributed by atoms with Crippen LogP contribution in [0.3, 0.4) is 0 Å². The van der Waals surface area contributed by atoms with E-state index in [-0.39, 0.29) is 12.6 Å². The summed E-state index contributed by atoms with van der Waals surface area (Å²) < 4.78 is 6.02. The van der Waals surface area contributed by atoms with Crippen LogP contribution in [0, 0.1) is 0 Å². The number of carbonyl (C=O) groups excluding carboxylic acids is 1. The van der Waals surface area contributed by atoms with Crippen molar-refractivity contribution in [3.8, 4) is 0 Å². The van der Waals surface area contributed by atoms with Crippen LogP contribution in [-0.4, -0.2) is 12.0 Å². The Morgan fingerprint density at radius 3 is 2.93 bits per heavy atom. The molecule has 1 aromatic rings. The Kier molecular flexibility index (Phi) is 4.78. The molecule has 0 spiro atoms. The van der Waals surface area contributed by atoms with E-state index in [1.54, 1.807) is 0 Å². The molecule has 0 saturated carbocycles. The SMILES string of the molecule is CCC(N)C(=O)OCc1cccc(Br)c1. The molecule has 0 radical (unpaired) electrons. The molecular formula is C11H14BrNO2. The van der Waals surface area contributed by atoms with Crippen LogP contribution in [0.25, 0.3) is 0 Å². The highest BCUT2D eigenvalue weighted by Gasteiger charge is 2.12. The van der Waals surface area contributed by atoms with Crippen LogP contribution in [0.4, 0.5) is 0 Å². The molecule has 4 heteroatoms. The summed E-state index contributed by atoms with van der Waals surface area (Å²) in [5, 5.41) is 0. The van der Waals surface area contributed by atoms with Crippen molar-refractivity contribution in [2.75, 3.05) is 0 Å². The lowest BCUT2D eigenvalue weighted by Gasteiger charge is -2.09. The monoisotopic (exact) mass is 271 g/mol. The molecule has 1 aromatic carbocycles. The first-order valence-electron chi connectivity index (χ1n) is 4.80. The smallest absolute Gasteiger partial charge is 0.323 e. The number of esters is 1. The Bertz CT molecular complexity index is 341. The largest absolute Gasteiger partial charge is 0.460 e. The van der Waals surface area contributed by atoms with Crippen LogP contribution in [0.15, 0.2) is 28.7 Å². The molecule has 0 aliphatic heterocycles. The van der Waals surface area contributed by atoms with Crippen LogP contribution < -0.4 is 5.73 Å². The molecule has 3 nitrogen and oxygen atoms in total. The summed E-state index contributed by atoms with van der Waals surface area (Å²) in [7, 11) is 0. The van der Waals surface area contributed by atoms with Crippen molar-refractivity contribution >= 4 is 21.9 Å². The summed E-state index contributed by atoms with van der Waals surface area (Å²) in [4.78, 5) is 11.3. The van der Waals surface area contributed by atoms with E-state index in [4.69, 9.17) is 10.5 Å². The van der Waals surface area contributed by atoms with Crippen molar-refractivity contribution in [3.63, 3.8) is 0 Å². The van der Waals surface area contributed by atoms with Gasteiger partial charge < -0.3 is 10.5 Å². The number of nitrogens with two attached hydrogens (primary N) is 1. The Hall–Kier alpha value is -0.870. The minimum absolute atomic E-state index is 0.270. The van der Waals surface area contributed by atoms with Crippen LogP contribution in [-0.2, 0) is 16.1 Å². The first-order valence-corrected chi connectivity index (χ1v) is 5.59. The fourth-order valence-electron chi connectivity index (χ4n) is 1.05. The average Bonchev–Trinajstić information content (AvgIpc) is 2.25. The van der Waals surface area contributed by atoms with Crippen molar-refractivity contribution in [2.45, 2.75) is 26.0 Å². The maximum atomic E-state index is 11.3. The molecule has 15 heavy (non-hydrogen) atoms. The van der Waals surface area contributed by atoms with Gasteiger partial charge in [0.05, 0.1) is 0 Å². The first kappa shape index (κ1) is 12.2. The van der Waals surface area contributed by atoms with Crippen LogP contribution in [0.1, 0.15) is 18.9 Å². The van der Waals surface area contributed by atoms with Gasteiger partial charge in [-0.3, -0.25) is 4.79 Å². The Balaban J connectivity index is 2.47. The van der Waals surface area contributed by atoms with Gasteiger partial charge in [0, 0.05) is 4.47 Å². The zero-order valence-corrected chi connectivity index (χ0v) is 10.2. The van der Waals surface area contributed by atoms with Crippen molar-refractivity contribution in [3.05, 3.63) is 34.3 Å². The molecule has 1 atom stereocenters. The zero-order chi connectivity index (χ0) is 11.3. The molecule has 0 fully saturated rings. The second-order valence-corrected chi connectivity index (χ2v) is 4.17. The minimum Gasteiger partial charge on any atom is -0.460 e. The van der Waals surface area contributed by atoms with Crippen molar-refractivity contribution in [1.82, 2.24) is 0 Å². The van der Waals surface area contributed by atoms with E-state index in [0.717, 1.165) is 10.0 Å². The van der Waals surface area contributed by atoms with E-state index >= 15 is 0 Å². The minimum atomic E-state index is -0.517. The lowest BCUT2D eigenvalue weighted by molar-refractivity contribution is -0.146. The van der Waals surface area contributed by atoms with Gasteiger partial charge in [-0.1, -0.05) is 35.0 Å². The molecule has 0 aliphatic carbocycles. The van der Waals surface area contributed by atoms with Crippen LogP contribution in [0.5, 0.6) is 0 Å². The summed E-state index contributed by atoms with van der Waals surface area (Å²) in [6, 6.07) is 7.10. The third-order valence-electron chi connectivity index (χ3n) is 2.01. The van der Waals surface area contributed by atoms with Gasteiger partial charge in [0.25, 0.3) is 0 Å². The average molecular weight is 272 g/mol. The lowest BCUT2D eigenvalue weighted by Crippen LogP contribution is -2.31. The number of carbonyl (C=O) groups is 1. The highest BCUT2D eigenvalue weighted by molar-refractivity contribution is 9.10. The fourth-order valence-corrected chi connectivity index (χ4v) is 1.50. The fraction of sp³-hybridized carbons (Fsp3) is 0.364. The van der Waals surface area contributed by atoms with Crippen LogP contribution in [0.2, 0.25) is 0 Å². The maximum absolute atomic E-state index is 11.3. The molecule has 82 valence electrons. The number of hydrogen-bond donors (Lipinski definition) is 1. The molecule has 1 unspecified atom stereocenters. The third kappa shape index (κ3) is 4.01. The lowest BCUT2D eigenvalue weighted by atomic mass is 10.2. The Labute approximate surface area is 97.7 Å². The molecule has 1 rings (SSSR count). The molecule has 0 amide bonds. The van der Waals surface area contributed by atoms with Crippen molar-refractivity contribution in [1.29, 1.82) is 0 Å². The van der Waals surface area contributed by atoms with Gasteiger partial charge >= 0.3 is 5.97 Å². The Morgan fingerprint density at radius 2 is 2.33 bits per heavy atom. The highest BCUT2D eigenvalue weighted by Crippen LogP contribution is 2.12. The van der Waals surface area contributed by atoms with E-state index in [0.29, 0.717) is 6.42 Å². The van der Waals surface area contributed by atoms with Gasteiger partial charge in [0.1, 0.15) is 12.6 Å². The standard InChI is InChI=1S/C11H14BrNO2/c1-2-10(13)11(14)15-7-8-4-3-5-9(12)6-8/h3-6,10H,2,7,13H2,1H3. The highest BCUT2D eigenvalue weighted by atomic mass is 79.9. The van der Waals surface area contributed by atoms with Crippen molar-refractivity contribution in [2.24, 2.45) is 5.73 Å². The molecule has 0 aliphatic rings. The van der Waals surface area contributed by atoms with Gasteiger partial charge in [-0.25, -0.2) is 0 Å². The van der Waals surface area contributed by atoms with Gasteiger partial charge in [-0.15, -0.1) is 0 Å². The van der Waals surface area contributed by atoms with Gasteiger partial charge in [0.2, 0.25) is 0 Å². The van der Waals surface area contributed by atoms with Crippen LogP contribution >= 0.6 is 15.9 Å². The third-order valence-corrected chi connectivity index (χ3v) is 2.51. The maximum Gasteiger partial charge on any atom is 0.323 e. The normalized spacial score (nSPS) is 12.2. The van der Waals surface area contributed by atoms with E-state index < -0.39 is 6.04 Å². The first-order chi connectivity index (χ1) is 7.13. The topological polar surface area (TPSA) is 52.3 Å². The van der Waals surface area contributed by atoms with Gasteiger partial charge in [0.15, 0.2) is 0 Å². The summed E-state index contributed by atoms with van der Waals surface area (Å²) in [6.07, 6.45) is 0.595.